The minimum absolute atomic E-state index is 0.238. The van der Waals surface area contributed by atoms with Gasteiger partial charge in [-0.3, -0.25) is 4.79 Å². The summed E-state index contributed by atoms with van der Waals surface area (Å²) in [6.07, 6.45) is 0. The van der Waals surface area contributed by atoms with Crippen LogP contribution in [0, 0.1) is 5.41 Å². The highest BCUT2D eigenvalue weighted by molar-refractivity contribution is 5.76. The summed E-state index contributed by atoms with van der Waals surface area (Å²) < 4.78 is 15.7. The largest absolute Gasteiger partial charge is 0.486 e. The Morgan fingerprint density at radius 1 is 1.32 bits per heavy atom. The second kappa shape index (κ2) is 5.38. The Balaban J connectivity index is 2.02. The van der Waals surface area contributed by atoms with E-state index in [1.165, 1.54) is 7.11 Å². The van der Waals surface area contributed by atoms with Crippen molar-refractivity contribution in [1.82, 2.24) is 0 Å². The van der Waals surface area contributed by atoms with Gasteiger partial charge in [-0.25, -0.2) is 0 Å². The fourth-order valence-corrected chi connectivity index (χ4v) is 1.82. The lowest BCUT2D eigenvalue weighted by Gasteiger charge is -2.23. The number of nitrogens with one attached hydrogen (secondary N) is 1. The first-order chi connectivity index (χ1) is 9.03. The normalized spacial score (nSPS) is 13.8. The van der Waals surface area contributed by atoms with E-state index in [9.17, 15) is 4.79 Å². The molecule has 19 heavy (non-hydrogen) atoms. The summed E-state index contributed by atoms with van der Waals surface area (Å²) in [7, 11) is 1.40. The van der Waals surface area contributed by atoms with Crippen molar-refractivity contribution in [3.05, 3.63) is 18.2 Å². The van der Waals surface area contributed by atoms with Gasteiger partial charge >= 0.3 is 5.97 Å². The quantitative estimate of drug-likeness (QED) is 0.845. The number of carbonyl (C=O) groups is 1. The number of methoxy groups -OCH3 is 1. The van der Waals surface area contributed by atoms with Crippen LogP contribution in [0.25, 0.3) is 0 Å². The fraction of sp³-hybridized carbons (Fsp3) is 0.500. The van der Waals surface area contributed by atoms with E-state index in [0.717, 1.165) is 17.2 Å². The third-order valence-corrected chi connectivity index (χ3v) is 3.01. The maximum Gasteiger partial charge on any atom is 0.313 e. The number of fused-ring (bicyclic) bond motifs is 1. The molecule has 5 nitrogen and oxygen atoms in total. The highest BCUT2D eigenvalue weighted by atomic mass is 16.6. The van der Waals surface area contributed by atoms with Crippen molar-refractivity contribution in [3.63, 3.8) is 0 Å². The van der Waals surface area contributed by atoms with Crippen LogP contribution in [0.1, 0.15) is 13.8 Å². The number of hydrogen-bond acceptors (Lipinski definition) is 5. The van der Waals surface area contributed by atoms with Crippen LogP contribution in [-0.4, -0.2) is 32.8 Å². The van der Waals surface area contributed by atoms with Crippen LogP contribution in [0.5, 0.6) is 11.5 Å². The molecule has 2 rings (SSSR count). The molecule has 0 amide bonds. The molecule has 1 N–H and O–H groups in total. The molecule has 1 aromatic rings. The van der Waals surface area contributed by atoms with Gasteiger partial charge < -0.3 is 19.5 Å². The van der Waals surface area contributed by atoms with Crippen molar-refractivity contribution < 1.29 is 19.0 Å². The highest BCUT2D eigenvalue weighted by Gasteiger charge is 2.28. The van der Waals surface area contributed by atoms with Crippen LogP contribution in [-0.2, 0) is 9.53 Å². The predicted octanol–water partition coefficient (Wildman–Crippen LogP) is 2.07. The lowest BCUT2D eigenvalue weighted by molar-refractivity contribution is -0.149. The van der Waals surface area contributed by atoms with E-state index in [2.05, 4.69) is 5.32 Å². The summed E-state index contributed by atoms with van der Waals surface area (Å²) in [6.45, 7) is 5.30. The van der Waals surface area contributed by atoms with Crippen molar-refractivity contribution in [2.45, 2.75) is 13.8 Å². The third kappa shape index (κ3) is 3.10. The van der Waals surface area contributed by atoms with Crippen molar-refractivity contribution in [3.8, 4) is 11.5 Å². The van der Waals surface area contributed by atoms with Crippen LogP contribution in [0.3, 0.4) is 0 Å². The minimum atomic E-state index is -0.581. The lowest BCUT2D eigenvalue weighted by Crippen LogP contribution is -2.33. The number of rotatable bonds is 4. The molecule has 0 saturated carbocycles. The second-order valence-corrected chi connectivity index (χ2v) is 5.09. The van der Waals surface area contributed by atoms with Crippen LogP contribution in [0.2, 0.25) is 0 Å². The summed E-state index contributed by atoms with van der Waals surface area (Å²) in [6, 6.07) is 5.64. The van der Waals surface area contributed by atoms with E-state index in [-0.39, 0.29) is 5.97 Å². The average molecular weight is 265 g/mol. The molecule has 0 aliphatic carbocycles. The zero-order valence-electron chi connectivity index (χ0n) is 11.5. The number of esters is 1. The third-order valence-electron chi connectivity index (χ3n) is 3.01. The molecule has 0 saturated heterocycles. The van der Waals surface area contributed by atoms with Gasteiger partial charge in [-0.05, 0) is 26.0 Å². The van der Waals surface area contributed by atoms with E-state index >= 15 is 0 Å². The van der Waals surface area contributed by atoms with E-state index in [1.54, 1.807) is 0 Å². The fourth-order valence-electron chi connectivity index (χ4n) is 1.82. The number of ether oxygens (including phenoxy) is 3. The van der Waals surface area contributed by atoms with E-state index in [1.807, 2.05) is 32.0 Å². The SMILES string of the molecule is COC(=O)C(C)(C)CNc1ccc2c(c1)OCCO2. The van der Waals surface area contributed by atoms with Crippen molar-refractivity contribution in [1.29, 1.82) is 0 Å². The Morgan fingerprint density at radius 2 is 2.00 bits per heavy atom. The molecule has 1 heterocycles. The maximum absolute atomic E-state index is 11.6. The lowest BCUT2D eigenvalue weighted by atomic mass is 9.93. The smallest absolute Gasteiger partial charge is 0.313 e. The summed E-state index contributed by atoms with van der Waals surface area (Å²) in [5.41, 5.74) is 0.309. The van der Waals surface area contributed by atoms with Crippen molar-refractivity contribution >= 4 is 11.7 Å². The van der Waals surface area contributed by atoms with Gasteiger partial charge in [-0.2, -0.15) is 0 Å². The second-order valence-electron chi connectivity index (χ2n) is 5.09. The Kier molecular flexibility index (Phi) is 3.83. The van der Waals surface area contributed by atoms with Gasteiger partial charge in [-0.1, -0.05) is 0 Å². The minimum Gasteiger partial charge on any atom is -0.486 e. The molecular weight excluding hydrogens is 246 g/mol. The Bertz CT molecular complexity index is 471. The van der Waals surface area contributed by atoms with Gasteiger partial charge in [0.1, 0.15) is 13.2 Å². The molecule has 104 valence electrons. The first-order valence-electron chi connectivity index (χ1n) is 6.25. The van der Waals surface area contributed by atoms with Gasteiger partial charge in [0.25, 0.3) is 0 Å². The van der Waals surface area contributed by atoms with Crippen molar-refractivity contribution in [2.75, 3.05) is 32.2 Å². The molecule has 5 heteroatoms. The first kappa shape index (κ1) is 13.5. The molecule has 0 fully saturated rings. The van der Waals surface area contributed by atoms with Gasteiger partial charge in [-0.15, -0.1) is 0 Å². The standard InChI is InChI=1S/C14H19NO4/c1-14(2,13(16)17-3)9-15-10-4-5-11-12(8-10)19-7-6-18-11/h4-5,8,15H,6-7,9H2,1-3H3. The Labute approximate surface area is 112 Å². The summed E-state index contributed by atoms with van der Waals surface area (Å²) in [4.78, 5) is 11.6. The van der Waals surface area contributed by atoms with E-state index in [0.29, 0.717) is 19.8 Å². The molecule has 0 unspecified atom stereocenters. The van der Waals surface area contributed by atoms with Gasteiger partial charge in [0.2, 0.25) is 0 Å². The van der Waals surface area contributed by atoms with Crippen LogP contribution in [0.15, 0.2) is 18.2 Å². The van der Waals surface area contributed by atoms with E-state index < -0.39 is 5.41 Å². The molecule has 0 radical (unpaired) electrons. The van der Waals surface area contributed by atoms with E-state index in [4.69, 9.17) is 14.2 Å². The van der Waals surface area contributed by atoms with Crippen molar-refractivity contribution in [2.24, 2.45) is 5.41 Å². The number of carbonyl (C=O) groups excluding carboxylic acids is 1. The zero-order valence-corrected chi connectivity index (χ0v) is 11.5. The van der Waals surface area contributed by atoms with Gasteiger partial charge in [0.15, 0.2) is 11.5 Å². The Morgan fingerprint density at radius 3 is 2.68 bits per heavy atom. The molecule has 0 spiro atoms. The number of anilines is 1. The molecule has 0 aromatic heterocycles. The molecule has 1 aromatic carbocycles. The molecule has 1 aliphatic heterocycles. The molecule has 1 aliphatic rings. The average Bonchev–Trinajstić information content (AvgIpc) is 2.44. The summed E-state index contributed by atoms with van der Waals surface area (Å²) >= 11 is 0. The van der Waals surface area contributed by atoms with Gasteiger partial charge in [0, 0.05) is 18.3 Å². The van der Waals surface area contributed by atoms with Crippen LogP contribution < -0.4 is 14.8 Å². The highest BCUT2D eigenvalue weighted by Crippen LogP contribution is 2.33. The summed E-state index contributed by atoms with van der Waals surface area (Å²) in [5, 5.41) is 3.21. The Hall–Kier alpha value is -1.91. The number of hydrogen-bond donors (Lipinski definition) is 1. The molecule has 0 bridgehead atoms. The van der Waals surface area contributed by atoms with Crippen LogP contribution >= 0.6 is 0 Å². The zero-order chi connectivity index (χ0) is 13.9. The van der Waals surface area contributed by atoms with Crippen LogP contribution in [0.4, 0.5) is 5.69 Å². The predicted molar refractivity (Wildman–Crippen MR) is 71.7 cm³/mol. The molecule has 0 atom stereocenters. The monoisotopic (exact) mass is 265 g/mol. The number of benzene rings is 1. The first-order valence-corrected chi connectivity index (χ1v) is 6.25. The molecular formula is C14H19NO4. The topological polar surface area (TPSA) is 56.8 Å². The van der Waals surface area contributed by atoms with Gasteiger partial charge in [0.05, 0.1) is 12.5 Å². The maximum atomic E-state index is 11.6. The summed E-state index contributed by atoms with van der Waals surface area (Å²) in [5.74, 6) is 1.24.